The minimum Gasteiger partial charge on any atom is -0.397 e. The Morgan fingerprint density at radius 3 is 2.74 bits per heavy atom. The number of anilines is 1. The fourth-order valence-electron chi connectivity index (χ4n) is 2.44. The third kappa shape index (κ3) is 2.91. The molecule has 1 aromatic rings. The predicted octanol–water partition coefficient (Wildman–Crippen LogP) is 1.62. The van der Waals surface area contributed by atoms with E-state index in [2.05, 4.69) is 15.6 Å². The zero-order valence-electron chi connectivity index (χ0n) is 11.4. The number of aliphatic hydroxyl groups is 2. The molecule has 1 unspecified atom stereocenters. The van der Waals surface area contributed by atoms with Gasteiger partial charge in [-0.2, -0.15) is 0 Å². The molecule has 1 aromatic heterocycles. The zero-order valence-corrected chi connectivity index (χ0v) is 12.2. The van der Waals surface area contributed by atoms with E-state index in [0.29, 0.717) is 5.96 Å². The molecule has 0 amide bonds. The molecule has 1 atom stereocenters. The molecule has 0 saturated carbocycles. The number of nitrogens with one attached hydrogen (secondary N) is 2. The minimum absolute atomic E-state index is 0.250. The third-order valence-corrected chi connectivity index (χ3v) is 4.44. The topological polar surface area (TPSA) is 76.9 Å². The summed E-state index contributed by atoms with van der Waals surface area (Å²) >= 11 is 1.77. The number of aliphatic imine (C=N–C) groups is 1. The molecule has 5 nitrogen and oxygen atoms in total. The second-order valence-electron chi connectivity index (χ2n) is 4.51. The quantitative estimate of drug-likeness (QED) is 0.583. The number of fused-ring (bicyclic) bond motifs is 3. The summed E-state index contributed by atoms with van der Waals surface area (Å²) in [5.74, 6) is 0.651. The van der Waals surface area contributed by atoms with E-state index >= 15 is 0 Å². The largest absolute Gasteiger partial charge is 0.397 e. The maximum atomic E-state index is 10.1. The maximum Gasteiger partial charge on any atom is 0.198 e. The number of thiophene rings is 1. The highest BCUT2D eigenvalue weighted by Crippen LogP contribution is 2.42. The highest BCUT2D eigenvalue weighted by atomic mass is 32.1. The first kappa shape index (κ1) is 14.3. The van der Waals surface area contributed by atoms with E-state index in [1.807, 2.05) is 0 Å². The molecule has 1 aliphatic heterocycles. The molecule has 0 bridgehead atoms. The Balaban J connectivity index is 0.000000408. The van der Waals surface area contributed by atoms with Crippen LogP contribution in [0.5, 0.6) is 0 Å². The van der Waals surface area contributed by atoms with Crippen LogP contribution in [0.4, 0.5) is 5.00 Å². The molecule has 2 aliphatic rings. The van der Waals surface area contributed by atoms with Gasteiger partial charge in [-0.05, 0) is 38.2 Å². The second kappa shape index (κ2) is 6.36. The predicted molar refractivity (Wildman–Crippen MR) is 78.8 cm³/mol. The summed E-state index contributed by atoms with van der Waals surface area (Å²) in [6.07, 6.45) is 4.15. The monoisotopic (exact) mass is 283 g/mol. The molecule has 0 fully saturated rings. The van der Waals surface area contributed by atoms with E-state index in [0.717, 1.165) is 23.4 Å². The summed E-state index contributed by atoms with van der Waals surface area (Å²) in [7, 11) is 1.71. The molecule has 0 saturated heterocycles. The Kier molecular flexibility index (Phi) is 4.79. The van der Waals surface area contributed by atoms with Crippen molar-refractivity contribution in [3.8, 4) is 0 Å². The van der Waals surface area contributed by atoms with E-state index in [1.165, 1.54) is 23.3 Å². The van der Waals surface area contributed by atoms with Crippen LogP contribution in [0.15, 0.2) is 4.99 Å². The lowest BCUT2D eigenvalue weighted by atomic mass is 9.94. The summed E-state index contributed by atoms with van der Waals surface area (Å²) in [4.78, 5) is 5.48. The van der Waals surface area contributed by atoms with Gasteiger partial charge >= 0.3 is 0 Å². The van der Waals surface area contributed by atoms with Crippen LogP contribution in [0.25, 0.3) is 0 Å². The average Bonchev–Trinajstić information content (AvgIpc) is 2.78. The highest BCUT2D eigenvalue weighted by molar-refractivity contribution is 7.16. The van der Waals surface area contributed by atoms with Crippen LogP contribution in [-0.4, -0.2) is 29.8 Å². The van der Waals surface area contributed by atoms with Gasteiger partial charge in [-0.25, -0.2) is 0 Å². The Morgan fingerprint density at radius 1 is 1.37 bits per heavy atom. The molecular formula is C13H21N3O2S. The van der Waals surface area contributed by atoms with Crippen molar-refractivity contribution in [2.45, 2.75) is 38.8 Å². The van der Waals surface area contributed by atoms with Crippen molar-refractivity contribution in [3.05, 3.63) is 16.0 Å². The number of hydrogen-bond acceptors (Lipinski definition) is 4. The van der Waals surface area contributed by atoms with Crippen molar-refractivity contribution < 1.29 is 10.2 Å². The van der Waals surface area contributed by atoms with Crippen molar-refractivity contribution in [3.63, 3.8) is 0 Å². The molecule has 6 heteroatoms. The molecule has 4 N–H and O–H groups in total. The van der Waals surface area contributed by atoms with Crippen LogP contribution in [-0.2, 0) is 12.8 Å². The number of rotatable bonds is 0. The van der Waals surface area contributed by atoms with Crippen molar-refractivity contribution >= 4 is 22.3 Å². The Labute approximate surface area is 117 Å². The lowest BCUT2D eigenvalue weighted by molar-refractivity contribution is 0.160. The summed E-state index contributed by atoms with van der Waals surface area (Å²) in [6, 6.07) is 0. The van der Waals surface area contributed by atoms with Gasteiger partial charge in [-0.15, -0.1) is 11.3 Å². The highest BCUT2D eigenvalue weighted by Gasteiger charge is 2.29. The summed E-state index contributed by atoms with van der Waals surface area (Å²) < 4.78 is 0. The number of aliphatic hydroxyl groups excluding tert-OH is 2. The molecule has 106 valence electrons. The molecule has 0 aromatic carbocycles. The molecule has 3 rings (SSSR count). The van der Waals surface area contributed by atoms with E-state index in [-0.39, 0.29) is 6.61 Å². The number of aryl methyl sites for hydroxylation is 1. The van der Waals surface area contributed by atoms with Crippen molar-refractivity contribution in [2.75, 3.05) is 19.0 Å². The third-order valence-electron chi connectivity index (χ3n) is 3.21. The van der Waals surface area contributed by atoms with Gasteiger partial charge in [0.05, 0.1) is 0 Å². The van der Waals surface area contributed by atoms with Crippen LogP contribution in [0, 0.1) is 0 Å². The van der Waals surface area contributed by atoms with E-state index < -0.39 is 6.23 Å². The fraction of sp³-hybridized carbons (Fsp3) is 0.615. The van der Waals surface area contributed by atoms with Gasteiger partial charge in [0.1, 0.15) is 5.00 Å². The van der Waals surface area contributed by atoms with Crippen LogP contribution in [0.1, 0.15) is 42.0 Å². The fourth-order valence-corrected chi connectivity index (χ4v) is 3.76. The van der Waals surface area contributed by atoms with Gasteiger partial charge in [0.15, 0.2) is 12.2 Å². The van der Waals surface area contributed by atoms with Gasteiger partial charge in [0.2, 0.25) is 0 Å². The first-order chi connectivity index (χ1) is 9.21. The maximum absolute atomic E-state index is 10.1. The molecular weight excluding hydrogens is 262 g/mol. The molecule has 0 radical (unpaired) electrons. The zero-order chi connectivity index (χ0) is 13.8. The van der Waals surface area contributed by atoms with Crippen molar-refractivity contribution in [2.24, 2.45) is 4.99 Å². The Hall–Kier alpha value is -1.11. The van der Waals surface area contributed by atoms with Gasteiger partial charge < -0.3 is 20.8 Å². The number of guanidine groups is 1. The number of nitrogens with zero attached hydrogens (tertiary/aromatic N) is 1. The summed E-state index contributed by atoms with van der Waals surface area (Å²) in [5, 5.41) is 24.9. The van der Waals surface area contributed by atoms with Crippen LogP contribution < -0.4 is 10.6 Å². The van der Waals surface area contributed by atoms with E-state index in [1.54, 1.807) is 25.3 Å². The molecule has 2 heterocycles. The standard InChI is InChI=1S/C11H15N3OS.C2H6O/c1-12-11-13-9(15)8-6-4-2-3-5-7(6)16-10(8)14-11;1-2-3/h9,15H,2-5H2,1H3,(H2,12,13,14);3H,2H2,1H3. The van der Waals surface area contributed by atoms with E-state index in [9.17, 15) is 5.11 Å². The smallest absolute Gasteiger partial charge is 0.198 e. The lowest BCUT2D eigenvalue weighted by Crippen LogP contribution is -2.38. The SMILES string of the molecule is CCO.CN=C1Nc2sc3c(c2C(O)N1)CCCC3. The van der Waals surface area contributed by atoms with Gasteiger partial charge in [-0.3, -0.25) is 4.99 Å². The number of hydrogen-bond donors (Lipinski definition) is 4. The minimum atomic E-state index is -0.604. The Bertz CT molecular complexity index is 471. The molecule has 1 aliphatic carbocycles. The summed E-state index contributed by atoms with van der Waals surface area (Å²) in [5.41, 5.74) is 2.40. The first-order valence-corrected chi connectivity index (χ1v) is 7.46. The lowest BCUT2D eigenvalue weighted by Gasteiger charge is -2.24. The summed E-state index contributed by atoms with van der Waals surface area (Å²) in [6.45, 7) is 1.93. The van der Waals surface area contributed by atoms with Crippen molar-refractivity contribution in [1.82, 2.24) is 5.32 Å². The molecule has 0 spiro atoms. The van der Waals surface area contributed by atoms with Gasteiger partial charge in [0.25, 0.3) is 0 Å². The van der Waals surface area contributed by atoms with Gasteiger partial charge in [0, 0.05) is 24.1 Å². The Morgan fingerprint density at radius 2 is 2.05 bits per heavy atom. The average molecular weight is 283 g/mol. The van der Waals surface area contributed by atoms with E-state index in [4.69, 9.17) is 5.11 Å². The van der Waals surface area contributed by atoms with Crippen LogP contribution in [0.3, 0.4) is 0 Å². The van der Waals surface area contributed by atoms with Crippen molar-refractivity contribution in [1.29, 1.82) is 0 Å². The van der Waals surface area contributed by atoms with Crippen LogP contribution in [0.2, 0.25) is 0 Å². The molecule has 19 heavy (non-hydrogen) atoms. The van der Waals surface area contributed by atoms with Gasteiger partial charge in [-0.1, -0.05) is 0 Å². The first-order valence-electron chi connectivity index (χ1n) is 6.65. The second-order valence-corrected chi connectivity index (χ2v) is 5.62. The normalized spacial score (nSPS) is 22.5. The van der Waals surface area contributed by atoms with Crippen LogP contribution >= 0.6 is 11.3 Å².